The normalized spacial score (nSPS) is 17.2. The van der Waals surface area contributed by atoms with Gasteiger partial charge in [0.2, 0.25) is 11.8 Å². The molecular weight excluding hydrogens is 304 g/mol. The van der Waals surface area contributed by atoms with Gasteiger partial charge in [0.1, 0.15) is 0 Å². The number of anilines is 1. The van der Waals surface area contributed by atoms with E-state index in [1.807, 2.05) is 37.3 Å². The Morgan fingerprint density at radius 3 is 2.08 bits per heavy atom. The minimum Gasteiger partial charge on any atom is -0.353 e. The third-order valence-corrected chi connectivity index (χ3v) is 4.28. The Bertz CT molecular complexity index is 527. The molecule has 1 aromatic carbocycles. The fourth-order valence-electron chi connectivity index (χ4n) is 2.66. The van der Waals surface area contributed by atoms with Crippen molar-refractivity contribution in [1.29, 1.82) is 0 Å². The lowest BCUT2D eigenvalue weighted by Crippen LogP contribution is -2.51. The lowest BCUT2D eigenvalue weighted by molar-refractivity contribution is -0.124. The van der Waals surface area contributed by atoms with Gasteiger partial charge < -0.3 is 10.6 Å². The third kappa shape index (κ3) is 6.29. The maximum Gasteiger partial charge on any atom is 0.238 e. The Labute approximate surface area is 144 Å². The molecule has 1 aliphatic rings. The number of para-hydroxylation sites is 1. The van der Waals surface area contributed by atoms with Gasteiger partial charge in [-0.3, -0.25) is 19.4 Å². The van der Waals surface area contributed by atoms with Gasteiger partial charge >= 0.3 is 0 Å². The van der Waals surface area contributed by atoms with E-state index in [1.54, 1.807) is 0 Å². The molecule has 1 heterocycles. The maximum atomic E-state index is 12.1. The Hall–Kier alpha value is -1.92. The summed E-state index contributed by atoms with van der Waals surface area (Å²) in [7, 11) is 0. The Balaban J connectivity index is 1.67. The Morgan fingerprint density at radius 1 is 1.00 bits per heavy atom. The monoisotopic (exact) mass is 332 g/mol. The maximum absolute atomic E-state index is 12.1. The molecule has 0 saturated carbocycles. The van der Waals surface area contributed by atoms with Gasteiger partial charge in [-0.15, -0.1) is 0 Å². The van der Waals surface area contributed by atoms with Crippen LogP contribution >= 0.6 is 0 Å². The second-order valence-corrected chi connectivity index (χ2v) is 6.34. The number of amides is 2. The smallest absolute Gasteiger partial charge is 0.238 e. The second kappa shape index (κ2) is 9.39. The molecule has 0 aromatic heterocycles. The summed E-state index contributed by atoms with van der Waals surface area (Å²) in [6.45, 7) is 8.14. The summed E-state index contributed by atoms with van der Waals surface area (Å²) in [5, 5.41) is 5.89. The lowest BCUT2D eigenvalue weighted by Gasteiger charge is -2.34. The summed E-state index contributed by atoms with van der Waals surface area (Å²) in [4.78, 5) is 28.2. The van der Waals surface area contributed by atoms with Crippen LogP contribution in [0.15, 0.2) is 30.3 Å². The number of carbonyl (C=O) groups excluding carboxylic acids is 2. The molecule has 1 aliphatic heterocycles. The van der Waals surface area contributed by atoms with Crippen molar-refractivity contribution < 1.29 is 9.59 Å². The molecule has 1 aromatic rings. The standard InChI is InChI=1S/C18H28N4O2/c1-3-15(2)19-17(23)13-21-9-11-22(12-10-21)14-18(24)20-16-7-5-4-6-8-16/h4-8,15H,3,9-14H2,1-2H3,(H,19,23)(H,20,24). The van der Waals surface area contributed by atoms with Gasteiger partial charge in [0.15, 0.2) is 0 Å². The zero-order valence-electron chi connectivity index (χ0n) is 14.6. The van der Waals surface area contributed by atoms with Gasteiger partial charge in [-0.25, -0.2) is 0 Å². The van der Waals surface area contributed by atoms with Crippen LogP contribution in [0, 0.1) is 0 Å². The first-order valence-electron chi connectivity index (χ1n) is 8.65. The molecule has 1 unspecified atom stereocenters. The fraction of sp³-hybridized carbons (Fsp3) is 0.556. The number of nitrogens with zero attached hydrogens (tertiary/aromatic N) is 2. The van der Waals surface area contributed by atoms with E-state index in [1.165, 1.54) is 0 Å². The van der Waals surface area contributed by atoms with Crippen LogP contribution in [-0.2, 0) is 9.59 Å². The van der Waals surface area contributed by atoms with Crippen molar-refractivity contribution in [2.24, 2.45) is 0 Å². The van der Waals surface area contributed by atoms with Crippen LogP contribution in [0.2, 0.25) is 0 Å². The average molecular weight is 332 g/mol. The molecule has 1 atom stereocenters. The van der Waals surface area contributed by atoms with Gasteiger partial charge in [-0.1, -0.05) is 25.1 Å². The number of hydrogen-bond donors (Lipinski definition) is 2. The van der Waals surface area contributed by atoms with Crippen molar-refractivity contribution in [3.05, 3.63) is 30.3 Å². The van der Waals surface area contributed by atoms with Crippen molar-refractivity contribution in [3.63, 3.8) is 0 Å². The van der Waals surface area contributed by atoms with Gasteiger partial charge in [0.05, 0.1) is 13.1 Å². The summed E-state index contributed by atoms with van der Waals surface area (Å²) < 4.78 is 0. The summed E-state index contributed by atoms with van der Waals surface area (Å²) in [5.74, 6) is 0.0868. The van der Waals surface area contributed by atoms with Gasteiger partial charge in [0.25, 0.3) is 0 Å². The van der Waals surface area contributed by atoms with E-state index in [2.05, 4.69) is 27.4 Å². The van der Waals surface area contributed by atoms with Crippen LogP contribution in [0.3, 0.4) is 0 Å². The molecule has 1 saturated heterocycles. The molecule has 6 heteroatoms. The summed E-state index contributed by atoms with van der Waals surface area (Å²) in [6.07, 6.45) is 0.941. The van der Waals surface area contributed by atoms with E-state index in [-0.39, 0.29) is 17.9 Å². The van der Waals surface area contributed by atoms with E-state index in [0.717, 1.165) is 38.3 Å². The highest BCUT2D eigenvalue weighted by Gasteiger charge is 2.20. The molecule has 6 nitrogen and oxygen atoms in total. The van der Waals surface area contributed by atoms with Crippen molar-refractivity contribution in [3.8, 4) is 0 Å². The highest BCUT2D eigenvalue weighted by Crippen LogP contribution is 2.06. The van der Waals surface area contributed by atoms with Crippen LogP contribution in [0.4, 0.5) is 5.69 Å². The number of nitrogens with one attached hydrogen (secondary N) is 2. The van der Waals surface area contributed by atoms with E-state index in [4.69, 9.17) is 0 Å². The van der Waals surface area contributed by atoms with Crippen LogP contribution in [-0.4, -0.2) is 66.9 Å². The topological polar surface area (TPSA) is 64.7 Å². The van der Waals surface area contributed by atoms with E-state index < -0.39 is 0 Å². The SMILES string of the molecule is CCC(C)NC(=O)CN1CCN(CC(=O)Nc2ccccc2)CC1. The predicted molar refractivity (Wildman–Crippen MR) is 95.8 cm³/mol. The second-order valence-electron chi connectivity index (χ2n) is 6.34. The lowest BCUT2D eigenvalue weighted by atomic mass is 10.2. The van der Waals surface area contributed by atoms with Crippen molar-refractivity contribution in [2.75, 3.05) is 44.6 Å². The first kappa shape index (κ1) is 18.4. The molecular formula is C18H28N4O2. The molecule has 2 rings (SSSR count). The molecule has 132 valence electrons. The third-order valence-electron chi connectivity index (χ3n) is 4.28. The molecule has 0 aliphatic carbocycles. The Kier molecular flexibility index (Phi) is 7.21. The van der Waals surface area contributed by atoms with Crippen LogP contribution in [0.1, 0.15) is 20.3 Å². The average Bonchev–Trinajstić information content (AvgIpc) is 2.57. The van der Waals surface area contributed by atoms with Crippen molar-refractivity contribution >= 4 is 17.5 Å². The number of piperazine rings is 1. The molecule has 0 spiro atoms. The quantitative estimate of drug-likeness (QED) is 0.786. The molecule has 1 fully saturated rings. The van der Waals surface area contributed by atoms with Crippen LogP contribution < -0.4 is 10.6 Å². The largest absolute Gasteiger partial charge is 0.353 e. The summed E-state index contributed by atoms with van der Waals surface area (Å²) in [6, 6.07) is 9.71. The molecule has 2 amide bonds. The Morgan fingerprint density at radius 2 is 1.54 bits per heavy atom. The van der Waals surface area contributed by atoms with Crippen LogP contribution in [0.25, 0.3) is 0 Å². The first-order valence-corrected chi connectivity index (χ1v) is 8.65. The zero-order chi connectivity index (χ0) is 17.4. The molecule has 0 radical (unpaired) electrons. The van der Waals surface area contributed by atoms with Crippen molar-refractivity contribution in [1.82, 2.24) is 15.1 Å². The van der Waals surface area contributed by atoms with Crippen LogP contribution in [0.5, 0.6) is 0 Å². The number of rotatable bonds is 7. The summed E-state index contributed by atoms with van der Waals surface area (Å²) in [5.41, 5.74) is 0.822. The summed E-state index contributed by atoms with van der Waals surface area (Å²) >= 11 is 0. The highest BCUT2D eigenvalue weighted by molar-refractivity contribution is 5.92. The zero-order valence-corrected chi connectivity index (χ0v) is 14.6. The number of benzene rings is 1. The highest BCUT2D eigenvalue weighted by atomic mass is 16.2. The molecule has 0 bridgehead atoms. The first-order chi connectivity index (χ1) is 11.6. The van der Waals surface area contributed by atoms with Gasteiger partial charge in [-0.05, 0) is 25.5 Å². The van der Waals surface area contributed by atoms with Gasteiger partial charge in [-0.2, -0.15) is 0 Å². The number of hydrogen-bond acceptors (Lipinski definition) is 4. The van der Waals surface area contributed by atoms with Gasteiger partial charge in [0, 0.05) is 37.9 Å². The minimum absolute atomic E-state index is 0.00386. The minimum atomic E-state index is 0.00386. The predicted octanol–water partition coefficient (Wildman–Crippen LogP) is 1.16. The number of carbonyl (C=O) groups is 2. The fourth-order valence-corrected chi connectivity index (χ4v) is 2.66. The van der Waals surface area contributed by atoms with Crippen molar-refractivity contribution in [2.45, 2.75) is 26.3 Å². The molecule has 24 heavy (non-hydrogen) atoms. The van der Waals surface area contributed by atoms with E-state index in [0.29, 0.717) is 13.1 Å². The van der Waals surface area contributed by atoms with E-state index in [9.17, 15) is 9.59 Å². The molecule has 2 N–H and O–H groups in total. The van der Waals surface area contributed by atoms with E-state index >= 15 is 0 Å².